The zero-order valence-corrected chi connectivity index (χ0v) is 9.75. The predicted molar refractivity (Wildman–Crippen MR) is 65.8 cm³/mol. The Labute approximate surface area is 104 Å². The molecule has 90 valence electrons. The lowest BCUT2D eigenvalue weighted by Gasteiger charge is -2.04. The fraction of sp³-hybridized carbons (Fsp3) is 0.0714. The van der Waals surface area contributed by atoms with Crippen LogP contribution in [0.15, 0.2) is 42.6 Å². The summed E-state index contributed by atoms with van der Waals surface area (Å²) in [6.07, 6.45) is 1.36. The molecular weight excluding hydrogens is 230 g/mol. The SMILES string of the molecule is Cc1cccc(C(=O)c2cccnc2C(=O)O)c1. The molecule has 0 aliphatic heterocycles. The minimum atomic E-state index is -1.20. The Morgan fingerprint density at radius 2 is 1.94 bits per heavy atom. The molecule has 2 rings (SSSR count). The molecule has 0 aliphatic rings. The van der Waals surface area contributed by atoms with Gasteiger partial charge in [-0.25, -0.2) is 9.78 Å². The van der Waals surface area contributed by atoms with E-state index >= 15 is 0 Å². The first-order valence-electron chi connectivity index (χ1n) is 5.39. The lowest BCUT2D eigenvalue weighted by atomic mass is 10.0. The number of rotatable bonds is 3. The smallest absolute Gasteiger partial charge is 0.355 e. The molecule has 0 spiro atoms. The van der Waals surface area contributed by atoms with E-state index in [-0.39, 0.29) is 17.0 Å². The number of pyridine rings is 1. The fourth-order valence-electron chi connectivity index (χ4n) is 1.70. The highest BCUT2D eigenvalue weighted by atomic mass is 16.4. The van der Waals surface area contributed by atoms with Crippen molar-refractivity contribution in [2.75, 3.05) is 0 Å². The molecule has 0 bridgehead atoms. The average molecular weight is 241 g/mol. The summed E-state index contributed by atoms with van der Waals surface area (Å²) in [4.78, 5) is 27.0. The van der Waals surface area contributed by atoms with Crippen molar-refractivity contribution in [1.29, 1.82) is 0 Å². The van der Waals surface area contributed by atoms with Crippen molar-refractivity contribution in [3.63, 3.8) is 0 Å². The highest BCUT2D eigenvalue weighted by molar-refractivity contribution is 6.13. The minimum Gasteiger partial charge on any atom is -0.476 e. The van der Waals surface area contributed by atoms with E-state index in [2.05, 4.69) is 4.98 Å². The van der Waals surface area contributed by atoms with Crippen molar-refractivity contribution >= 4 is 11.8 Å². The summed E-state index contributed by atoms with van der Waals surface area (Å²) in [6, 6.07) is 10.0. The zero-order valence-electron chi connectivity index (χ0n) is 9.75. The molecule has 1 aromatic heterocycles. The van der Waals surface area contributed by atoms with Gasteiger partial charge in [-0.15, -0.1) is 0 Å². The third-order valence-corrected chi connectivity index (χ3v) is 2.54. The number of carbonyl (C=O) groups is 2. The second kappa shape index (κ2) is 4.79. The van der Waals surface area contributed by atoms with Crippen LogP contribution in [0.1, 0.15) is 32.0 Å². The van der Waals surface area contributed by atoms with Crippen molar-refractivity contribution in [3.05, 3.63) is 65.0 Å². The van der Waals surface area contributed by atoms with Gasteiger partial charge in [0.05, 0.1) is 5.56 Å². The number of nitrogens with zero attached hydrogens (tertiary/aromatic N) is 1. The Morgan fingerprint density at radius 1 is 1.17 bits per heavy atom. The number of hydrogen-bond acceptors (Lipinski definition) is 3. The number of carboxylic acid groups (broad SMARTS) is 1. The number of benzene rings is 1. The van der Waals surface area contributed by atoms with E-state index in [9.17, 15) is 9.59 Å². The third kappa shape index (κ3) is 2.27. The van der Waals surface area contributed by atoms with Gasteiger partial charge in [0.25, 0.3) is 0 Å². The van der Waals surface area contributed by atoms with Gasteiger partial charge in [0.15, 0.2) is 11.5 Å². The van der Waals surface area contributed by atoms with Crippen LogP contribution in [0.3, 0.4) is 0 Å². The largest absolute Gasteiger partial charge is 0.476 e. The van der Waals surface area contributed by atoms with Gasteiger partial charge < -0.3 is 5.11 Å². The summed E-state index contributed by atoms with van der Waals surface area (Å²) >= 11 is 0. The molecule has 0 atom stereocenters. The van der Waals surface area contributed by atoms with Gasteiger partial charge in [0.1, 0.15) is 0 Å². The summed E-state index contributed by atoms with van der Waals surface area (Å²) in [5, 5.41) is 9.00. The van der Waals surface area contributed by atoms with E-state index in [1.165, 1.54) is 12.3 Å². The topological polar surface area (TPSA) is 67.3 Å². The molecule has 4 nitrogen and oxygen atoms in total. The Kier molecular flexibility index (Phi) is 3.19. The van der Waals surface area contributed by atoms with Crippen LogP contribution < -0.4 is 0 Å². The van der Waals surface area contributed by atoms with E-state index in [1.54, 1.807) is 24.3 Å². The zero-order chi connectivity index (χ0) is 13.1. The van der Waals surface area contributed by atoms with Crippen LogP contribution in [-0.2, 0) is 0 Å². The Morgan fingerprint density at radius 3 is 2.61 bits per heavy atom. The van der Waals surface area contributed by atoms with Gasteiger partial charge in [-0.05, 0) is 25.1 Å². The molecule has 2 aromatic rings. The van der Waals surface area contributed by atoms with Crippen molar-refractivity contribution in [2.45, 2.75) is 6.92 Å². The quantitative estimate of drug-likeness (QED) is 0.837. The summed E-state index contributed by atoms with van der Waals surface area (Å²) in [7, 11) is 0. The van der Waals surface area contributed by atoms with E-state index in [4.69, 9.17) is 5.11 Å². The molecule has 0 unspecified atom stereocenters. The van der Waals surface area contributed by atoms with Crippen molar-refractivity contribution in [3.8, 4) is 0 Å². The van der Waals surface area contributed by atoms with Gasteiger partial charge in [-0.2, -0.15) is 0 Å². The predicted octanol–water partition coefficient (Wildman–Crippen LogP) is 2.32. The molecule has 0 saturated heterocycles. The summed E-state index contributed by atoms with van der Waals surface area (Å²) in [6.45, 7) is 1.87. The first kappa shape index (κ1) is 12.0. The van der Waals surface area contributed by atoms with Gasteiger partial charge in [-0.1, -0.05) is 23.8 Å². The molecule has 4 heteroatoms. The van der Waals surface area contributed by atoms with Crippen LogP contribution in [0.2, 0.25) is 0 Å². The molecule has 0 aliphatic carbocycles. The van der Waals surface area contributed by atoms with E-state index < -0.39 is 5.97 Å². The maximum absolute atomic E-state index is 12.2. The Balaban J connectivity index is 2.50. The lowest BCUT2D eigenvalue weighted by molar-refractivity contribution is 0.0686. The highest BCUT2D eigenvalue weighted by Crippen LogP contribution is 2.14. The Hall–Kier alpha value is -2.49. The molecule has 0 fully saturated rings. The van der Waals surface area contributed by atoms with Gasteiger partial charge in [0.2, 0.25) is 0 Å². The number of aromatic carboxylic acids is 1. The van der Waals surface area contributed by atoms with Gasteiger partial charge in [-0.3, -0.25) is 4.79 Å². The molecule has 1 aromatic carbocycles. The third-order valence-electron chi connectivity index (χ3n) is 2.54. The maximum Gasteiger partial charge on any atom is 0.355 e. The fourth-order valence-corrected chi connectivity index (χ4v) is 1.70. The standard InChI is InChI=1S/C14H11NO3/c1-9-4-2-5-10(8-9)13(16)11-6-3-7-15-12(11)14(17)18/h2-8H,1H3,(H,17,18). The number of carbonyl (C=O) groups excluding carboxylic acids is 1. The van der Waals surface area contributed by atoms with Crippen LogP contribution in [0.4, 0.5) is 0 Å². The van der Waals surface area contributed by atoms with E-state index in [0.29, 0.717) is 5.56 Å². The first-order chi connectivity index (χ1) is 8.59. The van der Waals surface area contributed by atoms with E-state index in [0.717, 1.165) is 5.56 Å². The number of hydrogen-bond donors (Lipinski definition) is 1. The normalized spacial score (nSPS) is 10.1. The van der Waals surface area contributed by atoms with Crippen LogP contribution in [0, 0.1) is 6.92 Å². The van der Waals surface area contributed by atoms with Gasteiger partial charge in [0, 0.05) is 11.8 Å². The summed E-state index contributed by atoms with van der Waals surface area (Å²) < 4.78 is 0. The molecular formula is C14H11NO3. The summed E-state index contributed by atoms with van der Waals surface area (Å²) in [5.41, 5.74) is 1.30. The van der Waals surface area contributed by atoms with Crippen LogP contribution >= 0.6 is 0 Å². The summed E-state index contributed by atoms with van der Waals surface area (Å²) in [5.74, 6) is -1.53. The second-order valence-electron chi connectivity index (χ2n) is 3.90. The number of aryl methyl sites for hydroxylation is 1. The minimum absolute atomic E-state index is 0.107. The van der Waals surface area contributed by atoms with Crippen molar-refractivity contribution in [2.24, 2.45) is 0 Å². The Bertz CT molecular complexity index is 620. The van der Waals surface area contributed by atoms with Crippen molar-refractivity contribution in [1.82, 2.24) is 4.98 Å². The average Bonchev–Trinajstić information content (AvgIpc) is 2.38. The molecule has 1 N–H and O–H groups in total. The monoisotopic (exact) mass is 241 g/mol. The second-order valence-corrected chi connectivity index (χ2v) is 3.90. The molecule has 0 amide bonds. The number of aromatic nitrogens is 1. The first-order valence-corrected chi connectivity index (χ1v) is 5.39. The van der Waals surface area contributed by atoms with Crippen LogP contribution in [0.25, 0.3) is 0 Å². The molecule has 0 radical (unpaired) electrons. The number of carboxylic acids is 1. The number of ketones is 1. The van der Waals surface area contributed by atoms with Crippen molar-refractivity contribution < 1.29 is 14.7 Å². The molecule has 18 heavy (non-hydrogen) atoms. The maximum atomic E-state index is 12.2. The van der Waals surface area contributed by atoms with Crippen LogP contribution in [-0.4, -0.2) is 21.8 Å². The molecule has 0 saturated carbocycles. The van der Waals surface area contributed by atoms with Crippen LogP contribution in [0.5, 0.6) is 0 Å². The molecule has 1 heterocycles. The van der Waals surface area contributed by atoms with Gasteiger partial charge >= 0.3 is 5.97 Å². The highest BCUT2D eigenvalue weighted by Gasteiger charge is 2.18. The lowest BCUT2D eigenvalue weighted by Crippen LogP contribution is -2.11. The van der Waals surface area contributed by atoms with E-state index in [1.807, 2.05) is 13.0 Å².